The molecule has 0 aliphatic carbocycles. The Kier molecular flexibility index (Phi) is 7.30. The summed E-state index contributed by atoms with van der Waals surface area (Å²) in [5.74, 6) is 1.30. The van der Waals surface area contributed by atoms with Crippen LogP contribution in [0.15, 0.2) is 41.3 Å². The van der Waals surface area contributed by atoms with E-state index in [-0.39, 0.29) is 23.9 Å². The summed E-state index contributed by atoms with van der Waals surface area (Å²) in [5.41, 5.74) is 1.48. The summed E-state index contributed by atoms with van der Waals surface area (Å²) in [4.78, 5) is 15.0. The van der Waals surface area contributed by atoms with E-state index in [1.165, 1.54) is 25.6 Å². The fourth-order valence-electron chi connectivity index (χ4n) is 3.69. The Morgan fingerprint density at radius 2 is 1.41 bits per heavy atom. The molecule has 1 heterocycles. The SMILES string of the molecule is COc1cc(C(=O)N2CCN(S(=O)(=O)c3ccc(C(C)C)cc3)CC2)cc(OC)c1OC. The summed E-state index contributed by atoms with van der Waals surface area (Å²) in [6.45, 7) is 5.16. The van der Waals surface area contributed by atoms with Crippen molar-refractivity contribution in [2.75, 3.05) is 47.5 Å². The average molecular weight is 463 g/mol. The zero-order chi connectivity index (χ0) is 23.5. The molecule has 0 spiro atoms. The lowest BCUT2D eigenvalue weighted by Gasteiger charge is -2.34. The van der Waals surface area contributed by atoms with Gasteiger partial charge in [0.2, 0.25) is 15.8 Å². The summed E-state index contributed by atoms with van der Waals surface area (Å²) in [7, 11) is 0.866. The molecule has 1 fully saturated rings. The van der Waals surface area contributed by atoms with Crippen LogP contribution in [0.3, 0.4) is 0 Å². The van der Waals surface area contributed by atoms with Gasteiger partial charge in [0.15, 0.2) is 11.5 Å². The number of benzene rings is 2. The number of carbonyl (C=O) groups excluding carboxylic acids is 1. The van der Waals surface area contributed by atoms with Gasteiger partial charge in [-0.1, -0.05) is 26.0 Å². The summed E-state index contributed by atoms with van der Waals surface area (Å²) < 4.78 is 43.4. The Labute approximate surface area is 189 Å². The van der Waals surface area contributed by atoms with Gasteiger partial charge < -0.3 is 19.1 Å². The fraction of sp³-hybridized carbons (Fsp3) is 0.435. The smallest absolute Gasteiger partial charge is 0.254 e. The van der Waals surface area contributed by atoms with Crippen LogP contribution in [0.5, 0.6) is 17.2 Å². The maximum absolute atomic E-state index is 13.1. The number of methoxy groups -OCH3 is 3. The van der Waals surface area contributed by atoms with Crippen molar-refractivity contribution in [1.82, 2.24) is 9.21 Å². The molecule has 0 N–H and O–H groups in total. The summed E-state index contributed by atoms with van der Waals surface area (Å²) in [6.07, 6.45) is 0. The molecule has 2 aromatic rings. The first kappa shape index (κ1) is 23.9. The van der Waals surface area contributed by atoms with E-state index >= 15 is 0 Å². The summed E-state index contributed by atoms with van der Waals surface area (Å²) in [6, 6.07) is 10.2. The molecule has 174 valence electrons. The number of rotatable bonds is 7. The van der Waals surface area contributed by atoms with E-state index in [1.807, 2.05) is 12.1 Å². The first-order valence-electron chi connectivity index (χ1n) is 10.4. The van der Waals surface area contributed by atoms with Gasteiger partial charge in [0.05, 0.1) is 26.2 Å². The summed E-state index contributed by atoms with van der Waals surface area (Å²) >= 11 is 0. The molecule has 3 rings (SSSR count). The minimum atomic E-state index is -3.61. The molecule has 9 heteroatoms. The van der Waals surface area contributed by atoms with Crippen molar-refractivity contribution < 1.29 is 27.4 Å². The van der Waals surface area contributed by atoms with Crippen LogP contribution in [0.25, 0.3) is 0 Å². The lowest BCUT2D eigenvalue weighted by molar-refractivity contribution is 0.0697. The lowest BCUT2D eigenvalue weighted by atomic mass is 10.0. The third-order valence-corrected chi connectivity index (χ3v) is 7.53. The Bertz CT molecular complexity index is 1030. The molecular weight excluding hydrogens is 432 g/mol. The molecule has 1 saturated heterocycles. The highest BCUT2D eigenvalue weighted by Crippen LogP contribution is 2.38. The van der Waals surface area contributed by atoms with E-state index in [1.54, 1.807) is 29.2 Å². The predicted octanol–water partition coefficient (Wildman–Crippen LogP) is 2.98. The van der Waals surface area contributed by atoms with E-state index in [2.05, 4.69) is 13.8 Å². The fourth-order valence-corrected chi connectivity index (χ4v) is 5.11. The first-order chi connectivity index (χ1) is 15.2. The molecule has 0 saturated carbocycles. The van der Waals surface area contributed by atoms with E-state index in [9.17, 15) is 13.2 Å². The van der Waals surface area contributed by atoms with Crippen molar-refractivity contribution in [3.8, 4) is 17.2 Å². The molecule has 1 aliphatic heterocycles. The molecule has 0 radical (unpaired) electrons. The van der Waals surface area contributed by atoms with E-state index in [4.69, 9.17) is 14.2 Å². The van der Waals surface area contributed by atoms with Crippen LogP contribution >= 0.6 is 0 Å². The number of hydrogen-bond donors (Lipinski definition) is 0. The Morgan fingerprint density at radius 3 is 1.84 bits per heavy atom. The number of carbonyl (C=O) groups is 1. The van der Waals surface area contributed by atoms with Crippen LogP contribution in [-0.4, -0.2) is 71.0 Å². The highest BCUT2D eigenvalue weighted by atomic mass is 32.2. The van der Waals surface area contributed by atoms with Crippen molar-refractivity contribution in [2.24, 2.45) is 0 Å². The van der Waals surface area contributed by atoms with Crippen molar-refractivity contribution in [3.63, 3.8) is 0 Å². The van der Waals surface area contributed by atoms with Gasteiger partial charge in [-0.3, -0.25) is 4.79 Å². The second-order valence-electron chi connectivity index (χ2n) is 7.83. The first-order valence-corrected chi connectivity index (χ1v) is 11.9. The van der Waals surface area contributed by atoms with Crippen LogP contribution in [0.2, 0.25) is 0 Å². The van der Waals surface area contributed by atoms with E-state index < -0.39 is 10.0 Å². The number of hydrogen-bond acceptors (Lipinski definition) is 6. The molecule has 0 aromatic heterocycles. The minimum absolute atomic E-state index is 0.220. The third-order valence-electron chi connectivity index (χ3n) is 5.62. The Hall–Kier alpha value is -2.78. The minimum Gasteiger partial charge on any atom is -0.493 e. The van der Waals surface area contributed by atoms with E-state index in [0.717, 1.165) is 5.56 Å². The van der Waals surface area contributed by atoms with Crippen LogP contribution in [0.4, 0.5) is 0 Å². The number of sulfonamides is 1. The Balaban J connectivity index is 1.73. The van der Waals surface area contributed by atoms with Gasteiger partial charge in [-0.05, 0) is 35.7 Å². The standard InChI is InChI=1S/C23H30N2O6S/c1-16(2)17-6-8-19(9-7-17)32(27,28)25-12-10-24(11-13-25)23(26)18-14-20(29-3)22(31-5)21(15-18)30-4/h6-9,14-16H,10-13H2,1-5H3. The molecule has 1 amide bonds. The Morgan fingerprint density at radius 1 is 0.875 bits per heavy atom. The van der Waals surface area contributed by atoms with Crippen molar-refractivity contribution in [2.45, 2.75) is 24.7 Å². The maximum atomic E-state index is 13.1. The second-order valence-corrected chi connectivity index (χ2v) is 9.77. The number of amides is 1. The topological polar surface area (TPSA) is 85.4 Å². The van der Waals surface area contributed by atoms with Gasteiger partial charge in [0.25, 0.3) is 5.91 Å². The highest BCUT2D eigenvalue weighted by Gasteiger charge is 2.31. The van der Waals surface area contributed by atoms with Crippen LogP contribution in [0.1, 0.15) is 35.7 Å². The van der Waals surface area contributed by atoms with Crippen molar-refractivity contribution in [1.29, 1.82) is 0 Å². The molecule has 0 atom stereocenters. The zero-order valence-corrected chi connectivity index (χ0v) is 19.9. The van der Waals surface area contributed by atoms with Gasteiger partial charge in [-0.25, -0.2) is 8.42 Å². The molecule has 8 nitrogen and oxygen atoms in total. The van der Waals surface area contributed by atoms with Crippen molar-refractivity contribution in [3.05, 3.63) is 47.5 Å². The predicted molar refractivity (Wildman–Crippen MR) is 121 cm³/mol. The lowest BCUT2D eigenvalue weighted by Crippen LogP contribution is -2.50. The molecule has 1 aliphatic rings. The molecular formula is C23H30N2O6S. The number of ether oxygens (including phenoxy) is 3. The molecule has 0 unspecified atom stereocenters. The van der Waals surface area contributed by atoms with Gasteiger partial charge >= 0.3 is 0 Å². The van der Waals surface area contributed by atoms with Gasteiger partial charge in [-0.15, -0.1) is 0 Å². The van der Waals surface area contributed by atoms with Gasteiger partial charge in [-0.2, -0.15) is 4.31 Å². The molecule has 0 bridgehead atoms. The second kappa shape index (κ2) is 9.79. The number of nitrogens with zero attached hydrogens (tertiary/aromatic N) is 2. The number of piperazine rings is 1. The largest absolute Gasteiger partial charge is 0.493 e. The van der Waals surface area contributed by atoms with Crippen LogP contribution in [-0.2, 0) is 10.0 Å². The van der Waals surface area contributed by atoms with E-state index in [0.29, 0.717) is 41.8 Å². The summed E-state index contributed by atoms with van der Waals surface area (Å²) in [5, 5.41) is 0. The normalized spacial score (nSPS) is 15.0. The quantitative estimate of drug-likeness (QED) is 0.629. The van der Waals surface area contributed by atoms with Crippen LogP contribution < -0.4 is 14.2 Å². The van der Waals surface area contributed by atoms with Gasteiger partial charge in [0, 0.05) is 31.7 Å². The average Bonchev–Trinajstić information content (AvgIpc) is 2.82. The zero-order valence-electron chi connectivity index (χ0n) is 19.1. The monoisotopic (exact) mass is 462 g/mol. The van der Waals surface area contributed by atoms with Gasteiger partial charge in [0.1, 0.15) is 0 Å². The van der Waals surface area contributed by atoms with Crippen LogP contribution in [0, 0.1) is 0 Å². The molecule has 32 heavy (non-hydrogen) atoms. The molecule has 2 aromatic carbocycles. The third kappa shape index (κ3) is 4.68. The highest BCUT2D eigenvalue weighted by molar-refractivity contribution is 7.89. The van der Waals surface area contributed by atoms with Crippen molar-refractivity contribution >= 4 is 15.9 Å². The maximum Gasteiger partial charge on any atom is 0.254 e.